The Hall–Kier alpha value is -1.70. The van der Waals surface area contributed by atoms with E-state index in [1.54, 1.807) is 12.1 Å². The molecule has 6 heteroatoms. The third kappa shape index (κ3) is 2.79. The second kappa shape index (κ2) is 6.20. The Bertz CT molecular complexity index is 643. The fourth-order valence-corrected chi connectivity index (χ4v) is 2.54. The van der Waals surface area contributed by atoms with Gasteiger partial charge in [0.1, 0.15) is 30.2 Å². The first-order valence-electron chi connectivity index (χ1n) is 7.06. The molecule has 1 aliphatic heterocycles. The van der Waals surface area contributed by atoms with Gasteiger partial charge in [-0.3, -0.25) is 0 Å². The highest BCUT2D eigenvalue weighted by Crippen LogP contribution is 2.26. The van der Waals surface area contributed by atoms with Crippen molar-refractivity contribution in [3.63, 3.8) is 0 Å². The largest absolute Gasteiger partial charge is 0.462 e. The van der Waals surface area contributed by atoms with Gasteiger partial charge in [0.25, 0.3) is 0 Å². The average molecular weight is 306 g/mol. The van der Waals surface area contributed by atoms with E-state index in [2.05, 4.69) is 0 Å². The van der Waals surface area contributed by atoms with Gasteiger partial charge in [0.15, 0.2) is 0 Å². The maximum atomic E-state index is 9.95. The molecule has 0 bridgehead atoms. The molecule has 0 radical (unpaired) electrons. The Balaban J connectivity index is 1.80. The van der Waals surface area contributed by atoms with Crippen molar-refractivity contribution in [1.29, 1.82) is 0 Å². The molecule has 6 nitrogen and oxygen atoms in total. The lowest BCUT2D eigenvalue weighted by Crippen LogP contribution is -2.60. The molecule has 4 N–H and O–H groups in total. The number of benzene rings is 2. The van der Waals surface area contributed by atoms with Crippen molar-refractivity contribution < 1.29 is 29.9 Å². The molecule has 2 aromatic rings. The SMILES string of the molecule is OC[C@@H]1O[C@H](Oc2ccc3ccccc3c2)[C@@H](O)[C@@H](O)[C@@H]1O. The summed E-state index contributed by atoms with van der Waals surface area (Å²) in [5, 5.41) is 40.6. The highest BCUT2D eigenvalue weighted by molar-refractivity contribution is 5.83. The molecule has 0 aliphatic carbocycles. The highest BCUT2D eigenvalue weighted by atomic mass is 16.7. The Morgan fingerprint density at radius 3 is 2.36 bits per heavy atom. The number of hydrogen-bond donors (Lipinski definition) is 4. The maximum absolute atomic E-state index is 9.95. The summed E-state index contributed by atoms with van der Waals surface area (Å²) in [4.78, 5) is 0. The van der Waals surface area contributed by atoms with Gasteiger partial charge in [-0.25, -0.2) is 0 Å². The minimum absolute atomic E-state index is 0.461. The molecule has 0 unspecified atom stereocenters. The fraction of sp³-hybridized carbons (Fsp3) is 0.375. The van der Waals surface area contributed by atoms with Crippen LogP contribution in [0.3, 0.4) is 0 Å². The van der Waals surface area contributed by atoms with Gasteiger partial charge in [-0.15, -0.1) is 0 Å². The van der Waals surface area contributed by atoms with E-state index in [9.17, 15) is 15.3 Å². The van der Waals surface area contributed by atoms with Gasteiger partial charge in [0.05, 0.1) is 6.61 Å². The van der Waals surface area contributed by atoms with Crippen molar-refractivity contribution in [2.24, 2.45) is 0 Å². The van der Waals surface area contributed by atoms with Crippen LogP contribution in [-0.2, 0) is 4.74 Å². The second-order valence-corrected chi connectivity index (χ2v) is 5.32. The van der Waals surface area contributed by atoms with Crippen molar-refractivity contribution in [3.05, 3.63) is 42.5 Å². The minimum Gasteiger partial charge on any atom is -0.462 e. The zero-order chi connectivity index (χ0) is 15.7. The van der Waals surface area contributed by atoms with E-state index >= 15 is 0 Å². The van der Waals surface area contributed by atoms with Crippen molar-refractivity contribution in [1.82, 2.24) is 0 Å². The zero-order valence-corrected chi connectivity index (χ0v) is 11.7. The van der Waals surface area contributed by atoms with Gasteiger partial charge in [0.2, 0.25) is 6.29 Å². The van der Waals surface area contributed by atoms with Crippen LogP contribution in [0.5, 0.6) is 5.75 Å². The topological polar surface area (TPSA) is 99.4 Å². The van der Waals surface area contributed by atoms with E-state index in [4.69, 9.17) is 14.6 Å². The number of aliphatic hydroxyl groups excluding tert-OH is 4. The third-order valence-electron chi connectivity index (χ3n) is 3.82. The molecule has 0 spiro atoms. The monoisotopic (exact) mass is 306 g/mol. The van der Waals surface area contributed by atoms with E-state index in [0.29, 0.717) is 5.75 Å². The van der Waals surface area contributed by atoms with Crippen LogP contribution in [0.15, 0.2) is 42.5 Å². The van der Waals surface area contributed by atoms with Crippen molar-refractivity contribution in [2.75, 3.05) is 6.61 Å². The molecule has 1 heterocycles. The van der Waals surface area contributed by atoms with Crippen LogP contribution in [0.4, 0.5) is 0 Å². The van der Waals surface area contributed by atoms with Crippen LogP contribution in [0, 0.1) is 0 Å². The molecule has 5 atom stereocenters. The van der Waals surface area contributed by atoms with Crippen molar-refractivity contribution in [3.8, 4) is 5.75 Å². The van der Waals surface area contributed by atoms with Crippen LogP contribution < -0.4 is 4.74 Å². The molecule has 118 valence electrons. The molecule has 1 aliphatic rings. The maximum Gasteiger partial charge on any atom is 0.229 e. The first-order valence-corrected chi connectivity index (χ1v) is 7.06. The zero-order valence-electron chi connectivity index (χ0n) is 11.7. The van der Waals surface area contributed by atoms with Crippen LogP contribution in [0.25, 0.3) is 10.8 Å². The van der Waals surface area contributed by atoms with Gasteiger partial charge >= 0.3 is 0 Å². The molecular weight excluding hydrogens is 288 g/mol. The van der Waals surface area contributed by atoms with E-state index in [0.717, 1.165) is 10.8 Å². The van der Waals surface area contributed by atoms with E-state index in [1.165, 1.54) is 0 Å². The van der Waals surface area contributed by atoms with Gasteiger partial charge in [-0.2, -0.15) is 0 Å². The van der Waals surface area contributed by atoms with Crippen LogP contribution in [0.1, 0.15) is 0 Å². The summed E-state index contributed by atoms with van der Waals surface area (Å²) >= 11 is 0. The smallest absolute Gasteiger partial charge is 0.229 e. The van der Waals surface area contributed by atoms with Crippen molar-refractivity contribution in [2.45, 2.75) is 30.7 Å². The lowest BCUT2D eigenvalue weighted by molar-refractivity contribution is -0.277. The number of hydrogen-bond acceptors (Lipinski definition) is 6. The van der Waals surface area contributed by atoms with E-state index in [-0.39, 0.29) is 0 Å². The summed E-state index contributed by atoms with van der Waals surface area (Å²) in [5.74, 6) is 0.461. The summed E-state index contributed by atoms with van der Waals surface area (Å²) in [6.45, 7) is -0.484. The Kier molecular flexibility index (Phi) is 4.28. The van der Waals surface area contributed by atoms with Crippen LogP contribution in [-0.4, -0.2) is 57.7 Å². The van der Waals surface area contributed by atoms with Crippen molar-refractivity contribution >= 4 is 10.8 Å². The molecule has 0 amide bonds. The summed E-state index contributed by atoms with van der Waals surface area (Å²) < 4.78 is 10.9. The Labute approximate surface area is 127 Å². The van der Waals surface area contributed by atoms with E-state index < -0.39 is 37.3 Å². The number of fused-ring (bicyclic) bond motifs is 1. The standard InChI is InChI=1S/C16H18O6/c17-8-12-13(18)14(19)15(20)16(22-12)21-11-6-5-9-3-1-2-4-10(9)7-11/h1-7,12-20H,8H2/t12-,13+,14-,15-,16-/m0/s1. The second-order valence-electron chi connectivity index (χ2n) is 5.32. The fourth-order valence-electron chi connectivity index (χ4n) is 2.54. The number of aliphatic hydroxyl groups is 4. The van der Waals surface area contributed by atoms with Crippen LogP contribution >= 0.6 is 0 Å². The van der Waals surface area contributed by atoms with Crippen LogP contribution in [0.2, 0.25) is 0 Å². The third-order valence-corrected chi connectivity index (χ3v) is 3.82. The lowest BCUT2D eigenvalue weighted by atomic mass is 9.99. The minimum atomic E-state index is -1.45. The first-order chi connectivity index (χ1) is 10.6. The summed E-state index contributed by atoms with van der Waals surface area (Å²) in [7, 11) is 0. The molecule has 0 saturated carbocycles. The Morgan fingerprint density at radius 2 is 1.64 bits per heavy atom. The number of rotatable bonds is 3. The first kappa shape index (κ1) is 15.2. The highest BCUT2D eigenvalue weighted by Gasteiger charge is 2.44. The lowest BCUT2D eigenvalue weighted by Gasteiger charge is -2.39. The van der Waals surface area contributed by atoms with Gasteiger partial charge in [0, 0.05) is 0 Å². The predicted molar refractivity (Wildman–Crippen MR) is 78.3 cm³/mol. The molecule has 2 aromatic carbocycles. The number of ether oxygens (including phenoxy) is 2. The molecule has 22 heavy (non-hydrogen) atoms. The predicted octanol–water partition coefficient (Wildman–Crippen LogP) is 0.0185. The van der Waals surface area contributed by atoms with Gasteiger partial charge in [-0.1, -0.05) is 30.3 Å². The summed E-state index contributed by atoms with van der Waals surface area (Å²) in [5.41, 5.74) is 0. The molecule has 1 saturated heterocycles. The quantitative estimate of drug-likeness (QED) is 0.638. The van der Waals surface area contributed by atoms with Gasteiger partial charge < -0.3 is 29.9 Å². The molecule has 0 aromatic heterocycles. The Morgan fingerprint density at radius 1 is 0.909 bits per heavy atom. The average Bonchev–Trinajstić information content (AvgIpc) is 2.55. The summed E-state index contributed by atoms with van der Waals surface area (Å²) in [6.07, 6.45) is -6.40. The van der Waals surface area contributed by atoms with Gasteiger partial charge in [-0.05, 0) is 22.9 Å². The summed E-state index contributed by atoms with van der Waals surface area (Å²) in [6, 6.07) is 13.1. The normalized spacial score (nSPS) is 32.1. The molecular formula is C16H18O6. The molecule has 3 rings (SSSR count). The molecule has 1 fully saturated rings. The van der Waals surface area contributed by atoms with E-state index in [1.807, 2.05) is 30.3 Å².